The lowest BCUT2D eigenvalue weighted by Crippen LogP contribution is -2.39. The number of aromatic nitrogens is 7. The number of imidazole rings is 1. The molecule has 1 aromatic carbocycles. The number of nitrogens with one attached hydrogen (secondary N) is 2. The zero-order valence-corrected chi connectivity index (χ0v) is 22.0. The molecule has 0 bridgehead atoms. The number of H-pyrrole nitrogens is 1. The number of nitrogens with zero attached hydrogens (tertiary/aromatic N) is 7. The van der Waals surface area contributed by atoms with Crippen molar-refractivity contribution in [1.29, 1.82) is 0 Å². The Labute approximate surface area is 227 Å². The first-order valence-electron chi connectivity index (χ1n) is 11.9. The number of tetrazole rings is 1. The first-order valence-corrected chi connectivity index (χ1v) is 14.2. The van der Waals surface area contributed by atoms with Gasteiger partial charge in [-0.05, 0) is 59.5 Å². The minimum Gasteiger partial charge on any atom is -0.340 e. The van der Waals surface area contributed by atoms with Gasteiger partial charge in [0.2, 0.25) is 15.9 Å². The molecule has 200 valence electrons. The number of aromatic amines is 1. The Bertz CT molecular complexity index is 1720. The predicted molar refractivity (Wildman–Crippen MR) is 140 cm³/mol. The van der Waals surface area contributed by atoms with Gasteiger partial charge in [0.1, 0.15) is 18.0 Å². The van der Waals surface area contributed by atoms with Crippen molar-refractivity contribution in [2.24, 2.45) is 0 Å². The second-order valence-electron chi connectivity index (χ2n) is 9.36. The van der Waals surface area contributed by atoms with Crippen LogP contribution >= 0.6 is 11.6 Å². The molecular formula is C24H21ClFN9O3S. The molecule has 15 heteroatoms. The molecule has 0 radical (unpaired) electrons. The molecule has 12 nitrogen and oxygen atoms in total. The van der Waals surface area contributed by atoms with E-state index in [9.17, 15) is 13.2 Å². The molecule has 2 N–H and O–H groups in total. The monoisotopic (exact) mass is 569 g/mol. The van der Waals surface area contributed by atoms with Crippen LogP contribution in [0, 0.1) is 5.82 Å². The highest BCUT2D eigenvalue weighted by Crippen LogP contribution is 2.44. The van der Waals surface area contributed by atoms with Crippen LogP contribution in [0.3, 0.4) is 0 Å². The molecule has 1 saturated heterocycles. The zero-order chi connectivity index (χ0) is 27.3. The molecule has 2 unspecified atom stereocenters. The number of amides is 1. The van der Waals surface area contributed by atoms with Crippen molar-refractivity contribution in [1.82, 2.24) is 40.1 Å². The molecule has 1 amide bonds. The molecule has 6 rings (SSSR count). The molecule has 2 aliphatic rings. The van der Waals surface area contributed by atoms with Gasteiger partial charge < -0.3 is 9.88 Å². The molecule has 2 atom stereocenters. The molecule has 0 saturated carbocycles. The maximum Gasteiger partial charge on any atom is 0.247 e. The molecule has 4 aromatic rings. The summed E-state index contributed by atoms with van der Waals surface area (Å²) in [6.45, 7) is 0. The molecule has 5 heterocycles. The number of hydrogen-bond donors (Lipinski definition) is 2. The third-order valence-electron chi connectivity index (χ3n) is 6.77. The average Bonchev–Trinajstić information content (AvgIpc) is 3.65. The average molecular weight is 570 g/mol. The minimum absolute atomic E-state index is 0.0592. The quantitative estimate of drug-likeness (QED) is 0.359. The van der Waals surface area contributed by atoms with Crippen molar-refractivity contribution in [3.63, 3.8) is 0 Å². The highest BCUT2D eigenvalue weighted by atomic mass is 35.5. The van der Waals surface area contributed by atoms with E-state index in [1.54, 1.807) is 29.3 Å². The van der Waals surface area contributed by atoms with Gasteiger partial charge in [-0.1, -0.05) is 11.6 Å². The molecule has 1 fully saturated rings. The smallest absolute Gasteiger partial charge is 0.247 e. The molecular weight excluding hydrogens is 549 g/mol. The third-order valence-corrected chi connectivity index (χ3v) is 7.64. The summed E-state index contributed by atoms with van der Waals surface area (Å²) in [6.07, 6.45) is 8.76. The minimum atomic E-state index is -3.48. The van der Waals surface area contributed by atoms with Crippen LogP contribution in [0.5, 0.6) is 0 Å². The number of pyridine rings is 1. The maximum absolute atomic E-state index is 15.3. The van der Waals surface area contributed by atoms with Crippen LogP contribution in [0.15, 0.2) is 49.1 Å². The summed E-state index contributed by atoms with van der Waals surface area (Å²) in [4.78, 5) is 27.0. The number of sulfonamides is 1. The van der Waals surface area contributed by atoms with Gasteiger partial charge in [-0.2, -0.15) is 4.68 Å². The Morgan fingerprint density at radius 3 is 2.82 bits per heavy atom. The highest BCUT2D eigenvalue weighted by Gasteiger charge is 2.42. The van der Waals surface area contributed by atoms with E-state index in [0.29, 0.717) is 47.6 Å². The Morgan fingerprint density at radius 1 is 1.21 bits per heavy atom. The summed E-state index contributed by atoms with van der Waals surface area (Å²) < 4.78 is 42.1. The zero-order valence-electron chi connectivity index (χ0n) is 20.4. The lowest BCUT2D eigenvalue weighted by molar-refractivity contribution is -0.129. The number of rotatable bonds is 6. The van der Waals surface area contributed by atoms with E-state index >= 15 is 4.39 Å². The number of benzene rings is 1. The summed E-state index contributed by atoms with van der Waals surface area (Å²) in [5, 5.41) is 11.1. The topological polar surface area (TPSA) is 152 Å². The Balaban J connectivity index is 1.29. The van der Waals surface area contributed by atoms with Gasteiger partial charge in [-0.25, -0.2) is 22.8 Å². The van der Waals surface area contributed by atoms with E-state index in [2.05, 4.69) is 35.2 Å². The van der Waals surface area contributed by atoms with E-state index in [4.69, 9.17) is 11.6 Å². The van der Waals surface area contributed by atoms with Crippen molar-refractivity contribution in [2.45, 2.75) is 31.3 Å². The van der Waals surface area contributed by atoms with Crippen LogP contribution in [0.1, 0.15) is 36.7 Å². The SMILES string of the molecule is CS(=O)(=O)Nc1cc(-c2cnc(C3CCC4CC(c5c(-n6cnnn6)ccc(Cl)c5F)=CC(=O)N43)[nH]2)ccn1. The van der Waals surface area contributed by atoms with Crippen LogP contribution in [0.25, 0.3) is 22.5 Å². The molecule has 39 heavy (non-hydrogen) atoms. The maximum atomic E-state index is 15.3. The number of anilines is 1. The van der Waals surface area contributed by atoms with E-state index in [-0.39, 0.29) is 34.4 Å². The largest absolute Gasteiger partial charge is 0.340 e. The van der Waals surface area contributed by atoms with E-state index < -0.39 is 15.8 Å². The van der Waals surface area contributed by atoms with Crippen LogP contribution in [-0.2, 0) is 14.8 Å². The van der Waals surface area contributed by atoms with Crippen molar-refractivity contribution in [3.8, 4) is 16.9 Å². The Kier molecular flexibility index (Phi) is 6.14. The van der Waals surface area contributed by atoms with Gasteiger partial charge in [-0.15, -0.1) is 5.10 Å². The van der Waals surface area contributed by atoms with Crippen molar-refractivity contribution >= 4 is 38.9 Å². The number of carbonyl (C=O) groups excluding carboxylic acids is 1. The number of fused-ring (bicyclic) bond motifs is 1. The van der Waals surface area contributed by atoms with Crippen molar-refractivity contribution < 1.29 is 17.6 Å². The second-order valence-corrected chi connectivity index (χ2v) is 11.5. The fourth-order valence-corrected chi connectivity index (χ4v) is 5.85. The standard InChI is InChI=1S/C24H21ClFN9O3S/c1-39(37,38)31-20-9-13(6-7-27-20)17-11-28-24(30-17)19-4-2-15-8-14(10-21(36)35(15)19)22-18(34-12-29-32-33-34)5-3-16(25)23(22)26/h3,5-7,9-12,15,19H,2,4,8H2,1H3,(H,27,31)(H,28,30). The van der Waals surface area contributed by atoms with Crippen LogP contribution in [-0.4, -0.2) is 66.7 Å². The summed E-state index contributed by atoms with van der Waals surface area (Å²) in [5.74, 6) is -0.0996. The summed E-state index contributed by atoms with van der Waals surface area (Å²) >= 11 is 6.10. The predicted octanol–water partition coefficient (Wildman–Crippen LogP) is 3.13. The summed E-state index contributed by atoms with van der Waals surface area (Å²) in [6, 6.07) is 5.91. The molecule has 0 spiro atoms. The van der Waals surface area contributed by atoms with E-state index in [1.807, 2.05) is 0 Å². The number of hydrogen-bond acceptors (Lipinski definition) is 8. The Hall–Kier alpha value is -4.17. The molecule has 2 aliphatic heterocycles. The highest BCUT2D eigenvalue weighted by molar-refractivity contribution is 7.92. The molecule has 0 aliphatic carbocycles. The third kappa shape index (κ3) is 4.76. The van der Waals surface area contributed by atoms with Crippen LogP contribution < -0.4 is 4.72 Å². The fraction of sp³-hybridized carbons (Fsp3) is 0.250. The van der Waals surface area contributed by atoms with Crippen LogP contribution in [0.4, 0.5) is 10.2 Å². The summed E-state index contributed by atoms with van der Waals surface area (Å²) in [5.41, 5.74) is 2.45. The van der Waals surface area contributed by atoms with Gasteiger partial charge in [0, 0.05) is 29.4 Å². The first kappa shape index (κ1) is 25.1. The van der Waals surface area contributed by atoms with Gasteiger partial charge >= 0.3 is 0 Å². The van der Waals surface area contributed by atoms with E-state index in [1.165, 1.54) is 29.3 Å². The van der Waals surface area contributed by atoms with Gasteiger partial charge in [0.25, 0.3) is 0 Å². The van der Waals surface area contributed by atoms with Crippen molar-refractivity contribution in [3.05, 3.63) is 71.3 Å². The normalized spacial score (nSPS) is 19.2. The van der Waals surface area contributed by atoms with Gasteiger partial charge in [0.05, 0.1) is 34.9 Å². The van der Waals surface area contributed by atoms with Crippen LogP contribution in [0.2, 0.25) is 5.02 Å². The second kappa shape index (κ2) is 9.54. The lowest BCUT2D eigenvalue weighted by atomic mass is 9.92. The Morgan fingerprint density at radius 2 is 2.05 bits per heavy atom. The lowest BCUT2D eigenvalue weighted by Gasteiger charge is -2.33. The fourth-order valence-electron chi connectivity index (χ4n) is 5.20. The van der Waals surface area contributed by atoms with Gasteiger partial charge in [0.15, 0.2) is 5.82 Å². The number of carbonyl (C=O) groups is 1. The van der Waals surface area contributed by atoms with E-state index in [0.717, 1.165) is 6.26 Å². The first-order chi connectivity index (χ1) is 18.7. The molecule has 3 aromatic heterocycles. The van der Waals surface area contributed by atoms with Crippen molar-refractivity contribution in [2.75, 3.05) is 11.0 Å². The number of halogens is 2. The van der Waals surface area contributed by atoms with Gasteiger partial charge in [-0.3, -0.25) is 9.52 Å². The summed E-state index contributed by atoms with van der Waals surface area (Å²) in [7, 11) is -3.48.